The van der Waals surface area contributed by atoms with Crippen molar-refractivity contribution in [3.8, 4) is 0 Å². The summed E-state index contributed by atoms with van der Waals surface area (Å²) in [7, 11) is 0. The lowest BCUT2D eigenvalue weighted by Crippen LogP contribution is -2.28. The third-order valence-electron chi connectivity index (χ3n) is 4.10. The molecule has 2 aliphatic rings. The van der Waals surface area contributed by atoms with Crippen molar-refractivity contribution >= 4 is 41.4 Å². The first-order valence-corrected chi connectivity index (χ1v) is 8.28. The molecule has 0 spiro atoms. The molecule has 1 heterocycles. The number of allylic oxidation sites excluding steroid dienone is 2. The number of ketones is 1. The zero-order valence-electron chi connectivity index (χ0n) is 12.3. The maximum absolute atomic E-state index is 13.0. The van der Waals surface area contributed by atoms with Crippen LogP contribution in [0.15, 0.2) is 42.1 Å². The van der Waals surface area contributed by atoms with E-state index < -0.39 is 0 Å². The van der Waals surface area contributed by atoms with E-state index in [9.17, 15) is 9.18 Å². The number of fused-ring (bicyclic) bond motifs is 3. The first-order valence-electron chi connectivity index (χ1n) is 7.46. The van der Waals surface area contributed by atoms with Gasteiger partial charge in [-0.25, -0.2) is 4.39 Å². The quantitative estimate of drug-likeness (QED) is 0.611. The number of thiophene rings is 1. The molecule has 0 fully saturated rings. The smallest absolute Gasteiger partial charge is 0.170 e. The topological polar surface area (TPSA) is 17.1 Å². The molecule has 2 aliphatic carbocycles. The summed E-state index contributed by atoms with van der Waals surface area (Å²) in [6.07, 6.45) is 12.8. The van der Waals surface area contributed by atoms with Crippen LogP contribution in [0.5, 0.6) is 0 Å². The number of hydrogen-bond acceptors (Lipinski definition) is 2. The molecule has 1 atom stereocenters. The zero-order valence-corrected chi connectivity index (χ0v) is 13.1. The van der Waals surface area contributed by atoms with Crippen molar-refractivity contribution in [2.45, 2.75) is 6.42 Å². The molecule has 4 rings (SSSR count). The molecule has 1 nitrogen and oxygen atoms in total. The molecule has 0 radical (unpaired) electrons. The largest absolute Gasteiger partial charge is 0.294 e. The Morgan fingerprint density at radius 1 is 1.26 bits per heavy atom. The molecule has 0 saturated heterocycles. The Morgan fingerprint density at radius 2 is 2.09 bits per heavy atom. The van der Waals surface area contributed by atoms with Gasteiger partial charge in [-0.1, -0.05) is 18.2 Å². The van der Waals surface area contributed by atoms with Crippen molar-refractivity contribution in [1.82, 2.24) is 0 Å². The lowest BCUT2D eigenvalue weighted by Gasteiger charge is -2.12. The van der Waals surface area contributed by atoms with Crippen LogP contribution in [0.25, 0.3) is 24.3 Å². The van der Waals surface area contributed by atoms with Crippen LogP contribution in [0.4, 0.5) is 4.39 Å². The van der Waals surface area contributed by atoms with Gasteiger partial charge in [0.2, 0.25) is 0 Å². The molecular formula is C20H13FOS. The normalized spacial score (nSPS) is 17.7. The van der Waals surface area contributed by atoms with Crippen LogP contribution in [0, 0.1) is 11.7 Å². The molecule has 1 aromatic carbocycles. The minimum Gasteiger partial charge on any atom is -0.294 e. The minimum absolute atomic E-state index is 0.0375. The average molecular weight is 320 g/mol. The fraction of sp³-hybridized carbons (Fsp3) is 0.100. The summed E-state index contributed by atoms with van der Waals surface area (Å²) in [5.74, 6) is -0.485. The molecule has 0 bridgehead atoms. The summed E-state index contributed by atoms with van der Waals surface area (Å²) in [5.41, 5.74) is 4.82. The Labute approximate surface area is 137 Å². The highest BCUT2D eigenvalue weighted by molar-refractivity contribution is 7.11. The van der Waals surface area contributed by atoms with E-state index in [-0.39, 0.29) is 17.5 Å². The van der Waals surface area contributed by atoms with Gasteiger partial charge in [0.1, 0.15) is 5.82 Å². The van der Waals surface area contributed by atoms with Gasteiger partial charge < -0.3 is 0 Å². The van der Waals surface area contributed by atoms with E-state index in [2.05, 4.69) is 17.9 Å². The summed E-state index contributed by atoms with van der Waals surface area (Å²) in [6.45, 7) is 0. The summed E-state index contributed by atoms with van der Waals surface area (Å²) < 4.78 is 14.2. The fourth-order valence-corrected chi connectivity index (χ4v) is 4.06. The van der Waals surface area contributed by atoms with Crippen molar-refractivity contribution in [2.75, 3.05) is 0 Å². The molecule has 2 aromatic rings. The molecule has 3 heteroatoms. The second-order valence-electron chi connectivity index (χ2n) is 5.58. The Morgan fingerprint density at radius 3 is 2.91 bits per heavy atom. The first kappa shape index (κ1) is 14.1. The Bertz CT molecular complexity index is 999. The highest BCUT2D eigenvalue weighted by atomic mass is 32.1. The highest BCUT2D eigenvalue weighted by Gasteiger charge is 2.20. The van der Waals surface area contributed by atoms with Crippen LogP contribution in [0.2, 0.25) is 0 Å². The van der Waals surface area contributed by atoms with Gasteiger partial charge in [0, 0.05) is 26.5 Å². The molecular weight excluding hydrogens is 307 g/mol. The maximum Gasteiger partial charge on any atom is 0.170 e. The number of benzene rings is 1. The lowest BCUT2D eigenvalue weighted by molar-refractivity contribution is 0.0954. The molecule has 0 saturated carbocycles. The standard InChI is InChI=1S/C20H13FOS/c21-15-9-6-13(7-10-15)20(22)14-8-11-19-17(12-14)16-4-2-1-3-5-18(16)23-19/h1,3-7,9-12,14H,8H2. The van der Waals surface area contributed by atoms with Crippen LogP contribution in [0.3, 0.4) is 0 Å². The Balaban J connectivity index is 1.78. The summed E-state index contributed by atoms with van der Waals surface area (Å²) in [5, 5.41) is 1.11. The maximum atomic E-state index is 13.0. The summed E-state index contributed by atoms with van der Waals surface area (Å²) in [6, 6.07) is 5.78. The molecule has 112 valence electrons. The second-order valence-corrected chi connectivity index (χ2v) is 6.66. The highest BCUT2D eigenvalue weighted by Crippen LogP contribution is 2.21. The third kappa shape index (κ3) is 2.55. The molecule has 1 unspecified atom stereocenters. The lowest BCUT2D eigenvalue weighted by atomic mass is 9.90. The van der Waals surface area contributed by atoms with E-state index in [1.54, 1.807) is 23.5 Å². The van der Waals surface area contributed by atoms with Crippen molar-refractivity contribution < 1.29 is 9.18 Å². The zero-order chi connectivity index (χ0) is 15.8. The predicted molar refractivity (Wildman–Crippen MR) is 92.9 cm³/mol. The predicted octanol–water partition coefficient (Wildman–Crippen LogP) is 3.55. The number of Topliss-reactive ketones (excluding diaryl/α,β-unsaturated/α-hetero) is 1. The van der Waals surface area contributed by atoms with Crippen molar-refractivity contribution in [2.24, 2.45) is 5.92 Å². The second kappa shape index (κ2) is 5.62. The Kier molecular flexibility index (Phi) is 3.45. The minimum atomic E-state index is -0.324. The molecule has 1 aromatic heterocycles. The number of carbonyl (C=O) groups is 1. The van der Waals surface area contributed by atoms with Gasteiger partial charge in [-0.05, 0) is 54.1 Å². The van der Waals surface area contributed by atoms with E-state index in [1.807, 2.05) is 24.3 Å². The van der Waals surface area contributed by atoms with Gasteiger partial charge in [0.25, 0.3) is 0 Å². The molecule has 0 N–H and O–H groups in total. The number of rotatable bonds is 2. The Hall–Kier alpha value is -2.48. The fourth-order valence-electron chi connectivity index (χ4n) is 2.93. The van der Waals surface area contributed by atoms with Gasteiger partial charge in [-0.15, -0.1) is 17.1 Å². The molecule has 0 aliphatic heterocycles. The number of carbonyl (C=O) groups excluding carboxylic acids is 1. The van der Waals surface area contributed by atoms with Crippen LogP contribution in [-0.4, -0.2) is 5.78 Å². The first-order chi connectivity index (χ1) is 11.2. The summed E-state index contributed by atoms with van der Waals surface area (Å²) in [4.78, 5) is 13.9. The van der Waals surface area contributed by atoms with Crippen molar-refractivity contribution in [1.29, 1.82) is 0 Å². The third-order valence-corrected chi connectivity index (χ3v) is 5.28. The van der Waals surface area contributed by atoms with Crippen LogP contribution >= 0.6 is 11.3 Å². The van der Waals surface area contributed by atoms with E-state index in [0.717, 1.165) is 10.8 Å². The van der Waals surface area contributed by atoms with Crippen LogP contribution in [0.1, 0.15) is 27.2 Å². The van der Waals surface area contributed by atoms with Crippen molar-refractivity contribution in [3.05, 3.63) is 73.7 Å². The monoisotopic (exact) mass is 320 g/mol. The van der Waals surface area contributed by atoms with Gasteiger partial charge in [-0.3, -0.25) is 4.79 Å². The molecule has 23 heavy (non-hydrogen) atoms. The van der Waals surface area contributed by atoms with E-state index >= 15 is 0 Å². The number of hydrogen-bond donors (Lipinski definition) is 0. The number of halogens is 1. The van der Waals surface area contributed by atoms with Gasteiger partial charge >= 0.3 is 0 Å². The average Bonchev–Trinajstić information content (AvgIpc) is 2.75. The van der Waals surface area contributed by atoms with E-state index in [4.69, 9.17) is 0 Å². The van der Waals surface area contributed by atoms with E-state index in [0.29, 0.717) is 12.0 Å². The van der Waals surface area contributed by atoms with Crippen LogP contribution in [-0.2, 0) is 0 Å². The van der Waals surface area contributed by atoms with Gasteiger partial charge in [-0.2, -0.15) is 0 Å². The van der Waals surface area contributed by atoms with E-state index in [1.165, 1.54) is 21.5 Å². The molecule has 0 amide bonds. The SMILES string of the molecule is O=C(c1ccc(F)cc1)C1C=c2c3c(sc2=CC1)C=CC=C=C3. The van der Waals surface area contributed by atoms with Gasteiger partial charge in [0.05, 0.1) is 0 Å². The van der Waals surface area contributed by atoms with Crippen LogP contribution < -0.4 is 9.75 Å². The summed E-state index contributed by atoms with van der Waals surface area (Å²) >= 11 is 1.74. The van der Waals surface area contributed by atoms with Gasteiger partial charge in [0.15, 0.2) is 5.78 Å². The van der Waals surface area contributed by atoms with Crippen molar-refractivity contribution in [3.63, 3.8) is 0 Å².